The summed E-state index contributed by atoms with van der Waals surface area (Å²) in [7, 11) is 0. The van der Waals surface area contributed by atoms with Crippen LogP contribution in [0.5, 0.6) is 0 Å². The second kappa shape index (κ2) is 3.41. The molecule has 0 saturated heterocycles. The lowest BCUT2D eigenvalue weighted by atomic mass is 10.3. The van der Waals surface area contributed by atoms with Gasteiger partial charge in [-0.3, -0.25) is 4.79 Å². The van der Waals surface area contributed by atoms with E-state index in [4.69, 9.17) is 5.73 Å². The number of nitrogens with two attached hydrogens (primary N) is 1. The monoisotopic (exact) mass is 234 g/mol. The Bertz CT molecular complexity index is 585. The first kappa shape index (κ1) is 9.53. The Labute approximate surface area is 95.6 Å². The van der Waals surface area contributed by atoms with Crippen molar-refractivity contribution in [2.45, 2.75) is 18.9 Å². The first-order valence-corrected chi connectivity index (χ1v) is 5.88. The molecule has 0 bridgehead atoms. The van der Waals surface area contributed by atoms with E-state index in [1.165, 1.54) is 11.3 Å². The van der Waals surface area contributed by atoms with Crippen LogP contribution in [-0.4, -0.2) is 14.8 Å². The highest BCUT2D eigenvalue weighted by atomic mass is 32.1. The normalized spacial score (nSPS) is 15.2. The van der Waals surface area contributed by atoms with Crippen LogP contribution in [0.3, 0.4) is 0 Å². The van der Waals surface area contributed by atoms with Gasteiger partial charge in [0, 0.05) is 12.2 Å². The van der Waals surface area contributed by atoms with Gasteiger partial charge in [0.2, 0.25) is 5.13 Å². The number of hydrogen-bond acceptors (Lipinski definition) is 5. The Balaban J connectivity index is 2.14. The molecule has 2 aromatic rings. The van der Waals surface area contributed by atoms with Crippen LogP contribution in [0.15, 0.2) is 23.1 Å². The lowest BCUT2D eigenvalue weighted by molar-refractivity contribution is 0.709. The molecule has 5 nitrogen and oxygen atoms in total. The molecule has 2 heterocycles. The fraction of sp³-hybridized carbons (Fsp3) is 0.300. The van der Waals surface area contributed by atoms with Gasteiger partial charge >= 0.3 is 0 Å². The average molecular weight is 234 g/mol. The van der Waals surface area contributed by atoms with Crippen LogP contribution in [0.25, 0.3) is 10.6 Å². The van der Waals surface area contributed by atoms with E-state index in [0.717, 1.165) is 12.8 Å². The predicted molar refractivity (Wildman–Crippen MR) is 62.3 cm³/mol. The molecule has 1 aliphatic carbocycles. The van der Waals surface area contributed by atoms with Crippen molar-refractivity contribution in [3.63, 3.8) is 0 Å². The summed E-state index contributed by atoms with van der Waals surface area (Å²) in [6.07, 6.45) is 4.00. The first-order chi connectivity index (χ1) is 7.75. The van der Waals surface area contributed by atoms with Gasteiger partial charge in [-0.25, -0.2) is 0 Å². The number of rotatable bonds is 2. The minimum atomic E-state index is 0.00106. The molecule has 2 N–H and O–H groups in total. The smallest absolute Gasteiger partial charge is 0.261 e. The van der Waals surface area contributed by atoms with E-state index >= 15 is 0 Å². The van der Waals surface area contributed by atoms with E-state index in [-0.39, 0.29) is 5.56 Å². The molecule has 16 heavy (non-hydrogen) atoms. The van der Waals surface area contributed by atoms with Crippen LogP contribution in [0.1, 0.15) is 18.9 Å². The molecule has 0 atom stereocenters. The van der Waals surface area contributed by atoms with Crippen molar-refractivity contribution in [1.29, 1.82) is 0 Å². The fourth-order valence-corrected chi connectivity index (χ4v) is 2.28. The minimum Gasteiger partial charge on any atom is -0.374 e. The average Bonchev–Trinajstić information content (AvgIpc) is 3.02. The van der Waals surface area contributed by atoms with Crippen molar-refractivity contribution in [2.75, 3.05) is 5.73 Å². The zero-order valence-corrected chi connectivity index (χ0v) is 9.28. The lowest BCUT2D eigenvalue weighted by Crippen LogP contribution is -2.19. The first-order valence-electron chi connectivity index (χ1n) is 5.06. The Hall–Kier alpha value is -1.69. The Kier molecular flexibility index (Phi) is 2.03. The predicted octanol–water partition coefficient (Wildman–Crippen LogP) is 1.28. The van der Waals surface area contributed by atoms with Gasteiger partial charge in [0.15, 0.2) is 5.01 Å². The van der Waals surface area contributed by atoms with Crippen molar-refractivity contribution >= 4 is 16.5 Å². The topological polar surface area (TPSA) is 73.8 Å². The third-order valence-corrected chi connectivity index (χ3v) is 3.37. The molecule has 1 aliphatic rings. The van der Waals surface area contributed by atoms with E-state index in [1.54, 1.807) is 10.6 Å². The summed E-state index contributed by atoms with van der Waals surface area (Å²) in [5, 5.41) is 8.60. The number of hydrogen-bond donors (Lipinski definition) is 1. The van der Waals surface area contributed by atoms with E-state index in [0.29, 0.717) is 21.7 Å². The van der Waals surface area contributed by atoms with Gasteiger partial charge in [0.1, 0.15) is 0 Å². The van der Waals surface area contributed by atoms with E-state index in [9.17, 15) is 4.79 Å². The molecule has 82 valence electrons. The Morgan fingerprint density at radius 3 is 2.88 bits per heavy atom. The number of nitrogens with zero attached hydrogens (tertiary/aromatic N) is 3. The van der Waals surface area contributed by atoms with E-state index < -0.39 is 0 Å². The number of nitrogen functional groups attached to an aromatic ring is 1. The highest BCUT2D eigenvalue weighted by molar-refractivity contribution is 7.18. The maximum atomic E-state index is 12.1. The summed E-state index contributed by atoms with van der Waals surface area (Å²) in [5.74, 6) is 0. The Morgan fingerprint density at radius 2 is 2.25 bits per heavy atom. The van der Waals surface area contributed by atoms with Gasteiger partial charge in [-0.2, -0.15) is 0 Å². The maximum absolute atomic E-state index is 12.1. The molecule has 0 radical (unpaired) electrons. The molecule has 0 amide bonds. The van der Waals surface area contributed by atoms with Gasteiger partial charge < -0.3 is 10.3 Å². The summed E-state index contributed by atoms with van der Waals surface area (Å²) < 4.78 is 1.77. The molecule has 3 rings (SSSR count). The zero-order valence-electron chi connectivity index (χ0n) is 8.46. The van der Waals surface area contributed by atoms with Crippen molar-refractivity contribution < 1.29 is 0 Å². The van der Waals surface area contributed by atoms with Gasteiger partial charge in [-0.05, 0) is 25.0 Å². The fourth-order valence-electron chi connectivity index (χ4n) is 1.66. The molecule has 0 unspecified atom stereocenters. The molecule has 6 heteroatoms. The van der Waals surface area contributed by atoms with E-state index in [1.807, 2.05) is 12.3 Å². The van der Waals surface area contributed by atoms with Crippen LogP contribution in [0, 0.1) is 0 Å². The summed E-state index contributed by atoms with van der Waals surface area (Å²) in [6, 6.07) is 4.01. The standard InChI is InChI=1S/C10H10N4OS/c11-10-13-12-8(16-10)7-2-1-5-14(9(7)15)6-3-4-6/h1-2,5-6H,3-4H2,(H2,11,13). The highest BCUT2D eigenvalue weighted by Gasteiger charge is 2.25. The van der Waals surface area contributed by atoms with Crippen molar-refractivity contribution in [2.24, 2.45) is 0 Å². The maximum Gasteiger partial charge on any atom is 0.261 e. The summed E-state index contributed by atoms with van der Waals surface area (Å²) in [6.45, 7) is 0. The van der Waals surface area contributed by atoms with Crippen LogP contribution in [0.4, 0.5) is 5.13 Å². The van der Waals surface area contributed by atoms with Crippen molar-refractivity contribution in [1.82, 2.24) is 14.8 Å². The second-order valence-corrected chi connectivity index (χ2v) is 4.82. The molecule has 1 fully saturated rings. The van der Waals surface area contributed by atoms with Gasteiger partial charge in [0.05, 0.1) is 5.56 Å². The van der Waals surface area contributed by atoms with Crippen LogP contribution < -0.4 is 11.3 Å². The highest BCUT2D eigenvalue weighted by Crippen LogP contribution is 2.33. The molecule has 0 aliphatic heterocycles. The van der Waals surface area contributed by atoms with Gasteiger partial charge in [-0.15, -0.1) is 10.2 Å². The van der Waals surface area contributed by atoms with Crippen molar-refractivity contribution in [3.8, 4) is 10.6 Å². The minimum absolute atomic E-state index is 0.00106. The van der Waals surface area contributed by atoms with Gasteiger partial charge in [0.25, 0.3) is 5.56 Å². The molecule has 0 spiro atoms. The Morgan fingerprint density at radius 1 is 1.44 bits per heavy atom. The third-order valence-electron chi connectivity index (χ3n) is 2.59. The van der Waals surface area contributed by atoms with Crippen LogP contribution in [0.2, 0.25) is 0 Å². The number of pyridine rings is 1. The molecular formula is C10H10N4OS. The summed E-state index contributed by atoms with van der Waals surface area (Å²) >= 11 is 1.24. The van der Waals surface area contributed by atoms with E-state index in [2.05, 4.69) is 10.2 Å². The van der Waals surface area contributed by atoms with Gasteiger partial charge in [-0.1, -0.05) is 11.3 Å². The molecular weight excluding hydrogens is 224 g/mol. The molecule has 0 aromatic carbocycles. The molecule has 2 aromatic heterocycles. The third kappa shape index (κ3) is 1.51. The summed E-state index contributed by atoms with van der Waals surface area (Å²) in [5.41, 5.74) is 6.10. The van der Waals surface area contributed by atoms with Crippen LogP contribution in [-0.2, 0) is 0 Å². The number of aromatic nitrogens is 3. The quantitative estimate of drug-likeness (QED) is 0.849. The van der Waals surface area contributed by atoms with Crippen LogP contribution >= 0.6 is 11.3 Å². The lowest BCUT2D eigenvalue weighted by Gasteiger charge is -2.03. The summed E-state index contributed by atoms with van der Waals surface area (Å²) in [4.78, 5) is 12.1. The number of anilines is 1. The molecule has 1 saturated carbocycles. The van der Waals surface area contributed by atoms with Crippen molar-refractivity contribution in [3.05, 3.63) is 28.7 Å². The SMILES string of the molecule is Nc1nnc(-c2cccn(C3CC3)c2=O)s1. The largest absolute Gasteiger partial charge is 0.374 e. The second-order valence-electron chi connectivity index (χ2n) is 3.81. The zero-order chi connectivity index (χ0) is 11.1.